The Labute approximate surface area is 167 Å². The summed E-state index contributed by atoms with van der Waals surface area (Å²) in [6.07, 6.45) is 0. The fourth-order valence-electron chi connectivity index (χ4n) is 3.37. The van der Waals surface area contributed by atoms with Gasteiger partial charge in [0.1, 0.15) is 0 Å². The van der Waals surface area contributed by atoms with Gasteiger partial charge in [0, 0.05) is 23.9 Å². The summed E-state index contributed by atoms with van der Waals surface area (Å²) < 4.78 is 2.03. The van der Waals surface area contributed by atoms with Gasteiger partial charge in [0.25, 0.3) is 0 Å². The van der Waals surface area contributed by atoms with E-state index in [2.05, 4.69) is 23.3 Å². The molecular weight excluding hydrogens is 376 g/mol. The molecule has 2 aromatic carbocycles. The quantitative estimate of drug-likeness (QED) is 0.444. The highest BCUT2D eigenvalue weighted by Crippen LogP contribution is 2.35. The summed E-state index contributed by atoms with van der Waals surface area (Å²) in [5.41, 5.74) is 7.06. The summed E-state index contributed by atoms with van der Waals surface area (Å²) >= 11 is 3.30. The van der Waals surface area contributed by atoms with Crippen molar-refractivity contribution >= 4 is 50.7 Å². The average Bonchev–Trinajstić information content (AvgIpc) is 2.95. The summed E-state index contributed by atoms with van der Waals surface area (Å²) in [4.78, 5) is 27.9. The Balaban J connectivity index is 1.86. The molecule has 4 nitrogen and oxygen atoms in total. The molecule has 3 rings (SSSR count). The van der Waals surface area contributed by atoms with Crippen molar-refractivity contribution in [2.24, 2.45) is 0 Å². The number of thiazole rings is 1. The number of nitrogens with one attached hydrogen (secondary N) is 1. The number of rotatable bonds is 5. The number of benzene rings is 2. The van der Waals surface area contributed by atoms with Crippen molar-refractivity contribution in [2.45, 2.75) is 44.7 Å². The van der Waals surface area contributed by atoms with Crippen molar-refractivity contribution in [1.29, 1.82) is 0 Å². The van der Waals surface area contributed by atoms with E-state index in [0.717, 1.165) is 42.7 Å². The normalized spacial score (nSPS) is 11.0. The van der Waals surface area contributed by atoms with E-state index in [1.807, 2.05) is 32.0 Å². The van der Waals surface area contributed by atoms with Gasteiger partial charge in [-0.15, -0.1) is 11.3 Å². The van der Waals surface area contributed by atoms with Crippen LogP contribution in [0.25, 0.3) is 10.2 Å². The summed E-state index contributed by atoms with van der Waals surface area (Å²) in [6, 6.07) is 7.84. The lowest BCUT2D eigenvalue weighted by Gasteiger charge is -2.15. The van der Waals surface area contributed by atoms with Crippen molar-refractivity contribution in [3.63, 3.8) is 0 Å². The topological polar surface area (TPSA) is 59.1 Å². The van der Waals surface area contributed by atoms with Crippen LogP contribution in [0.3, 0.4) is 0 Å². The summed E-state index contributed by atoms with van der Waals surface area (Å²) in [5.74, 6) is 0.804. The Morgan fingerprint density at radius 2 is 1.85 bits per heavy atom. The van der Waals surface area contributed by atoms with Gasteiger partial charge in [-0.25, -0.2) is 4.98 Å². The summed E-state index contributed by atoms with van der Waals surface area (Å²) in [7, 11) is 0. The fraction of sp³-hybridized carbons (Fsp3) is 0.286. The molecule has 6 heteroatoms. The van der Waals surface area contributed by atoms with Crippen molar-refractivity contribution in [2.75, 3.05) is 5.32 Å². The van der Waals surface area contributed by atoms with Gasteiger partial charge in [-0.1, -0.05) is 17.8 Å². The van der Waals surface area contributed by atoms with Gasteiger partial charge in [0.15, 0.2) is 10.1 Å². The molecule has 1 aromatic heterocycles. The highest BCUT2D eigenvalue weighted by Gasteiger charge is 2.15. The van der Waals surface area contributed by atoms with Gasteiger partial charge < -0.3 is 5.32 Å². The van der Waals surface area contributed by atoms with E-state index in [-0.39, 0.29) is 11.7 Å². The maximum atomic E-state index is 12.0. The van der Waals surface area contributed by atoms with Gasteiger partial charge in [-0.05, 0) is 68.1 Å². The van der Waals surface area contributed by atoms with E-state index >= 15 is 0 Å². The number of aromatic nitrogens is 1. The molecule has 0 aliphatic heterocycles. The molecule has 0 aliphatic carbocycles. The predicted octanol–water partition coefficient (Wildman–Crippen LogP) is 5.67. The first-order chi connectivity index (χ1) is 12.8. The van der Waals surface area contributed by atoms with Crippen LogP contribution in [0.1, 0.15) is 46.5 Å². The third kappa shape index (κ3) is 4.22. The van der Waals surface area contributed by atoms with E-state index in [1.165, 1.54) is 18.1 Å². The van der Waals surface area contributed by atoms with E-state index in [1.54, 1.807) is 30.0 Å². The molecule has 0 atom stereocenters. The van der Waals surface area contributed by atoms with Gasteiger partial charge in [0.05, 0.1) is 10.2 Å². The summed E-state index contributed by atoms with van der Waals surface area (Å²) in [5, 5.41) is 2.80. The Kier molecular flexibility index (Phi) is 5.67. The molecule has 0 saturated heterocycles. The van der Waals surface area contributed by atoms with Gasteiger partial charge in [-0.3, -0.25) is 9.59 Å². The molecule has 0 spiro atoms. The molecule has 0 bridgehead atoms. The van der Waals surface area contributed by atoms with E-state index in [0.29, 0.717) is 0 Å². The van der Waals surface area contributed by atoms with Crippen LogP contribution in [0.5, 0.6) is 0 Å². The third-order valence-corrected chi connectivity index (χ3v) is 6.70. The van der Waals surface area contributed by atoms with Gasteiger partial charge >= 0.3 is 0 Å². The van der Waals surface area contributed by atoms with Crippen molar-refractivity contribution in [1.82, 2.24) is 4.98 Å². The van der Waals surface area contributed by atoms with Crippen LogP contribution in [-0.2, 0) is 10.5 Å². The highest BCUT2D eigenvalue weighted by molar-refractivity contribution is 8.00. The van der Waals surface area contributed by atoms with Crippen LogP contribution >= 0.6 is 23.1 Å². The van der Waals surface area contributed by atoms with Gasteiger partial charge in [-0.2, -0.15) is 0 Å². The first kappa shape index (κ1) is 19.6. The Bertz CT molecular complexity index is 1050. The Morgan fingerprint density at radius 1 is 1.11 bits per heavy atom. The Hall–Kier alpha value is -2.18. The minimum absolute atomic E-state index is 0.0833. The third-order valence-electron chi connectivity index (χ3n) is 4.51. The molecule has 1 N–H and O–H groups in total. The molecule has 0 radical (unpaired) electrons. The number of ketones is 1. The number of fused-ring (bicyclic) bond motifs is 1. The minimum atomic E-state index is -0.0833. The van der Waals surface area contributed by atoms with E-state index in [9.17, 15) is 9.59 Å². The molecular formula is C21H22N2O2S2. The summed E-state index contributed by atoms with van der Waals surface area (Å²) in [6.45, 7) is 9.25. The zero-order valence-electron chi connectivity index (χ0n) is 16.1. The number of carbonyl (C=O) groups is 2. The number of amides is 1. The predicted molar refractivity (Wildman–Crippen MR) is 114 cm³/mol. The lowest BCUT2D eigenvalue weighted by Crippen LogP contribution is -2.05. The smallest absolute Gasteiger partial charge is 0.221 e. The Morgan fingerprint density at radius 3 is 2.52 bits per heavy atom. The van der Waals surface area contributed by atoms with Crippen LogP contribution in [0.2, 0.25) is 0 Å². The lowest BCUT2D eigenvalue weighted by molar-refractivity contribution is -0.114. The number of thioether (sulfide) groups is 1. The minimum Gasteiger partial charge on any atom is -0.326 e. The maximum Gasteiger partial charge on any atom is 0.221 e. The molecule has 0 saturated carbocycles. The molecule has 3 aromatic rings. The van der Waals surface area contributed by atoms with Crippen LogP contribution in [0, 0.1) is 20.8 Å². The highest BCUT2D eigenvalue weighted by atomic mass is 32.2. The maximum absolute atomic E-state index is 12.0. The largest absolute Gasteiger partial charge is 0.326 e. The number of carbonyl (C=O) groups excluding carboxylic acids is 2. The lowest BCUT2D eigenvalue weighted by atomic mass is 9.92. The second-order valence-corrected chi connectivity index (χ2v) is 8.93. The van der Waals surface area contributed by atoms with Crippen LogP contribution in [0.4, 0.5) is 5.69 Å². The van der Waals surface area contributed by atoms with Crippen LogP contribution in [-0.4, -0.2) is 16.7 Å². The number of aryl methyl sites for hydroxylation is 2. The second-order valence-electron chi connectivity index (χ2n) is 6.68. The number of Topliss-reactive ketones (excluding diaryl/α,β-unsaturated/α-hetero) is 1. The fourth-order valence-corrected chi connectivity index (χ4v) is 5.66. The second kappa shape index (κ2) is 7.82. The molecule has 0 aliphatic rings. The van der Waals surface area contributed by atoms with Crippen LogP contribution < -0.4 is 5.32 Å². The standard InChI is InChI=1S/C21H22N2O2S2/c1-11-8-12(2)20(14(4)24)13(3)17(11)10-26-21-23-18-7-6-16(22-15(5)25)9-19(18)27-21/h6-9H,10H2,1-5H3,(H,22,25). The average molecular weight is 399 g/mol. The van der Waals surface area contributed by atoms with E-state index in [4.69, 9.17) is 0 Å². The first-order valence-corrected chi connectivity index (χ1v) is 10.5. The molecule has 0 unspecified atom stereocenters. The van der Waals surface area contributed by atoms with Crippen LogP contribution in [0.15, 0.2) is 28.6 Å². The SMILES string of the molecule is CC(=O)Nc1ccc2nc(SCc3c(C)cc(C)c(C(C)=O)c3C)sc2c1. The number of nitrogens with zero attached hydrogens (tertiary/aromatic N) is 1. The molecule has 140 valence electrons. The molecule has 27 heavy (non-hydrogen) atoms. The zero-order chi connectivity index (χ0) is 19.7. The van der Waals surface area contributed by atoms with Crippen molar-refractivity contribution in [3.8, 4) is 0 Å². The van der Waals surface area contributed by atoms with E-state index < -0.39 is 0 Å². The number of hydrogen-bond acceptors (Lipinski definition) is 5. The molecule has 1 amide bonds. The monoisotopic (exact) mass is 398 g/mol. The zero-order valence-corrected chi connectivity index (χ0v) is 17.7. The first-order valence-electron chi connectivity index (χ1n) is 8.68. The number of hydrogen-bond donors (Lipinski definition) is 1. The van der Waals surface area contributed by atoms with Crippen molar-refractivity contribution in [3.05, 3.63) is 52.1 Å². The van der Waals surface area contributed by atoms with Crippen molar-refractivity contribution < 1.29 is 9.59 Å². The molecule has 0 fully saturated rings. The number of anilines is 1. The molecule has 1 heterocycles. The van der Waals surface area contributed by atoms with Gasteiger partial charge in [0.2, 0.25) is 5.91 Å².